The Balaban J connectivity index is 0.00000227. The Morgan fingerprint density at radius 2 is 1.83 bits per heavy atom. The molecule has 2 rings (SSSR count). The number of carbonyl (C=O) groups is 2. The zero-order chi connectivity index (χ0) is 27.7. The van der Waals surface area contributed by atoms with Crippen LogP contribution in [0.5, 0.6) is 5.75 Å². The van der Waals surface area contributed by atoms with E-state index in [4.69, 9.17) is 15.9 Å². The van der Waals surface area contributed by atoms with Gasteiger partial charge in [0.2, 0.25) is 0 Å². The van der Waals surface area contributed by atoms with Crippen LogP contribution >= 0.6 is 0 Å². The second-order valence-corrected chi connectivity index (χ2v) is 7.62. The van der Waals surface area contributed by atoms with Gasteiger partial charge in [-0.3, -0.25) is 15.0 Å². The SMILES string of the molecule is C/C=C\C(=C/C)c1cccc(N/C(=C/C(N)=NC(=O)C2CC2)C(=N)C(=O)NC)c1OC.CC.CCC. The Kier molecular flexibility index (Phi) is 15.9. The topological polar surface area (TPSA) is 130 Å². The molecule has 0 radical (unpaired) electrons. The van der Waals surface area contributed by atoms with E-state index in [0.29, 0.717) is 11.4 Å². The Hall–Kier alpha value is -3.68. The summed E-state index contributed by atoms with van der Waals surface area (Å²) in [6.45, 7) is 12.1. The normalized spacial score (nSPS) is 13.6. The second-order valence-electron chi connectivity index (χ2n) is 7.62. The van der Waals surface area contributed by atoms with Crippen molar-refractivity contribution in [2.75, 3.05) is 19.5 Å². The average molecular weight is 498 g/mol. The number of aliphatic imine (C=N–C) groups is 1. The number of amidine groups is 1. The van der Waals surface area contributed by atoms with Gasteiger partial charge in [0.05, 0.1) is 18.5 Å². The maximum absolute atomic E-state index is 12.1. The third kappa shape index (κ3) is 10.3. The predicted molar refractivity (Wildman–Crippen MR) is 152 cm³/mol. The molecule has 1 aliphatic rings. The number of allylic oxidation sites excluding steroid dienone is 4. The first-order chi connectivity index (χ1) is 17.3. The highest BCUT2D eigenvalue weighted by molar-refractivity contribution is 6.45. The van der Waals surface area contributed by atoms with Gasteiger partial charge in [-0.15, -0.1) is 0 Å². The van der Waals surface area contributed by atoms with Crippen molar-refractivity contribution in [2.24, 2.45) is 16.6 Å². The van der Waals surface area contributed by atoms with E-state index >= 15 is 0 Å². The van der Waals surface area contributed by atoms with Crippen molar-refractivity contribution in [2.45, 2.75) is 60.8 Å². The number of benzene rings is 1. The summed E-state index contributed by atoms with van der Waals surface area (Å²) >= 11 is 0. The van der Waals surface area contributed by atoms with Gasteiger partial charge in [0.25, 0.3) is 11.8 Å². The maximum atomic E-state index is 12.1. The first-order valence-corrected chi connectivity index (χ1v) is 12.4. The lowest BCUT2D eigenvalue weighted by atomic mass is 10.0. The Morgan fingerprint density at radius 3 is 2.31 bits per heavy atom. The molecule has 1 saturated carbocycles. The van der Waals surface area contributed by atoms with E-state index in [1.54, 1.807) is 13.2 Å². The summed E-state index contributed by atoms with van der Waals surface area (Å²) in [6, 6.07) is 5.51. The highest BCUT2D eigenvalue weighted by Crippen LogP contribution is 2.35. The van der Waals surface area contributed by atoms with Gasteiger partial charge >= 0.3 is 0 Å². The molecule has 1 aromatic rings. The fourth-order valence-electron chi connectivity index (χ4n) is 2.90. The van der Waals surface area contributed by atoms with Crippen LogP contribution in [0.3, 0.4) is 0 Å². The molecular formula is C28H43N5O3. The summed E-state index contributed by atoms with van der Waals surface area (Å²) in [7, 11) is 2.98. The van der Waals surface area contributed by atoms with E-state index in [1.165, 1.54) is 19.5 Å². The number of hydrogen-bond acceptors (Lipinski definition) is 5. The molecule has 8 nitrogen and oxygen atoms in total. The Bertz CT molecular complexity index is 1000. The van der Waals surface area contributed by atoms with Gasteiger partial charge in [0, 0.05) is 24.6 Å². The molecule has 0 spiro atoms. The van der Waals surface area contributed by atoms with Crippen molar-refractivity contribution in [1.82, 2.24) is 5.32 Å². The van der Waals surface area contributed by atoms with E-state index in [2.05, 4.69) is 29.5 Å². The average Bonchev–Trinajstić information content (AvgIpc) is 3.73. The summed E-state index contributed by atoms with van der Waals surface area (Å²) in [6.07, 6.45) is 10.0. The van der Waals surface area contributed by atoms with Crippen LogP contribution in [0.4, 0.5) is 5.69 Å². The maximum Gasteiger partial charge on any atom is 0.271 e. The molecule has 8 heteroatoms. The molecule has 2 amide bonds. The molecule has 0 saturated heterocycles. The molecule has 36 heavy (non-hydrogen) atoms. The molecule has 1 aromatic carbocycles. The molecule has 198 valence electrons. The van der Waals surface area contributed by atoms with Crippen LogP contribution in [0.1, 0.15) is 66.4 Å². The van der Waals surface area contributed by atoms with Gasteiger partial charge in [-0.05, 0) is 38.3 Å². The number of hydrogen-bond donors (Lipinski definition) is 4. The lowest BCUT2D eigenvalue weighted by Gasteiger charge is -2.17. The Labute approximate surface area is 216 Å². The molecule has 0 atom stereocenters. The molecule has 5 N–H and O–H groups in total. The number of carbonyl (C=O) groups excluding carboxylic acids is 2. The minimum absolute atomic E-state index is 0.0776. The minimum Gasteiger partial charge on any atom is -0.494 e. The number of ether oxygens (including phenoxy) is 1. The molecule has 0 aliphatic heterocycles. The van der Waals surface area contributed by atoms with E-state index in [0.717, 1.165) is 24.0 Å². The van der Waals surface area contributed by atoms with Crippen LogP contribution in [-0.2, 0) is 9.59 Å². The van der Waals surface area contributed by atoms with Crippen LogP contribution < -0.4 is 21.1 Å². The molecular weight excluding hydrogens is 454 g/mol. The van der Waals surface area contributed by atoms with Gasteiger partial charge in [0.15, 0.2) is 0 Å². The highest BCUT2D eigenvalue weighted by Gasteiger charge is 2.29. The van der Waals surface area contributed by atoms with Crippen LogP contribution in [0.2, 0.25) is 0 Å². The van der Waals surface area contributed by atoms with Gasteiger partial charge in [-0.25, -0.2) is 0 Å². The van der Waals surface area contributed by atoms with Gasteiger partial charge in [0.1, 0.15) is 17.3 Å². The number of rotatable bonds is 9. The summed E-state index contributed by atoms with van der Waals surface area (Å²) < 4.78 is 5.63. The quantitative estimate of drug-likeness (QED) is 0.204. The summed E-state index contributed by atoms with van der Waals surface area (Å²) in [5.41, 5.74) is 7.97. The summed E-state index contributed by atoms with van der Waals surface area (Å²) in [5.74, 6) is -0.522. The number of nitrogens with two attached hydrogens (primary N) is 1. The molecule has 0 unspecified atom stereocenters. The highest BCUT2D eigenvalue weighted by atomic mass is 16.5. The van der Waals surface area contributed by atoms with Crippen LogP contribution in [0, 0.1) is 11.3 Å². The van der Waals surface area contributed by atoms with Gasteiger partial charge in [-0.2, -0.15) is 4.99 Å². The number of amides is 2. The number of nitrogens with one attached hydrogen (secondary N) is 3. The number of para-hydroxylation sites is 1. The lowest BCUT2D eigenvalue weighted by molar-refractivity contribution is -0.119. The van der Waals surface area contributed by atoms with E-state index in [1.807, 2.05) is 58.1 Å². The molecule has 0 heterocycles. The standard InChI is InChI=1S/C23H29N5O3.C3H8.C2H6/c1-5-8-14(6-2)16-9-7-10-17(21(16)31-4)27-18(20(25)23(30)26-3)13-19(24)28-22(29)15-11-12-15;1-3-2;1-2/h5-10,13,15,25,27H,11-12H2,1-4H3,(H,26,30)(H2,24,28,29);3H2,1-2H3;1-2H3/b8-5-,14-6+,18-13+,25-20?;;. The lowest BCUT2D eigenvalue weighted by Crippen LogP contribution is -2.31. The third-order valence-corrected chi connectivity index (χ3v) is 4.64. The van der Waals surface area contributed by atoms with Crippen molar-refractivity contribution in [3.8, 4) is 5.75 Å². The van der Waals surface area contributed by atoms with Crippen molar-refractivity contribution in [1.29, 1.82) is 5.41 Å². The molecule has 1 aliphatic carbocycles. The van der Waals surface area contributed by atoms with Gasteiger partial charge in [-0.1, -0.05) is 64.5 Å². The van der Waals surface area contributed by atoms with E-state index in [-0.39, 0.29) is 29.1 Å². The van der Waals surface area contributed by atoms with Crippen molar-refractivity contribution < 1.29 is 14.3 Å². The first kappa shape index (κ1) is 32.3. The third-order valence-electron chi connectivity index (χ3n) is 4.64. The molecule has 0 bridgehead atoms. The predicted octanol–water partition coefficient (Wildman–Crippen LogP) is 5.47. The monoisotopic (exact) mass is 497 g/mol. The summed E-state index contributed by atoms with van der Waals surface area (Å²) in [4.78, 5) is 27.9. The number of methoxy groups -OCH3 is 1. The first-order valence-electron chi connectivity index (χ1n) is 12.4. The second kappa shape index (κ2) is 17.7. The minimum atomic E-state index is -0.613. The van der Waals surface area contributed by atoms with Crippen molar-refractivity contribution in [3.63, 3.8) is 0 Å². The fourth-order valence-corrected chi connectivity index (χ4v) is 2.90. The van der Waals surface area contributed by atoms with Gasteiger partial charge < -0.3 is 21.1 Å². The zero-order valence-corrected chi connectivity index (χ0v) is 23.0. The number of anilines is 1. The largest absolute Gasteiger partial charge is 0.494 e. The van der Waals surface area contributed by atoms with Crippen LogP contribution in [0.15, 0.2) is 53.2 Å². The van der Waals surface area contributed by atoms with E-state index in [9.17, 15) is 9.59 Å². The van der Waals surface area contributed by atoms with Crippen LogP contribution in [0.25, 0.3) is 5.57 Å². The van der Waals surface area contributed by atoms with E-state index < -0.39 is 5.91 Å². The summed E-state index contributed by atoms with van der Waals surface area (Å²) in [5, 5.41) is 13.7. The molecule has 1 fully saturated rings. The fraction of sp³-hybridized carbons (Fsp3) is 0.429. The smallest absolute Gasteiger partial charge is 0.271 e. The van der Waals surface area contributed by atoms with Crippen molar-refractivity contribution >= 4 is 34.6 Å². The Morgan fingerprint density at radius 1 is 1.22 bits per heavy atom. The number of nitrogens with zero attached hydrogens (tertiary/aromatic N) is 1. The van der Waals surface area contributed by atoms with Crippen LogP contribution in [-0.4, -0.2) is 37.5 Å². The molecule has 0 aromatic heterocycles. The zero-order valence-electron chi connectivity index (χ0n) is 23.0. The van der Waals surface area contributed by atoms with Crippen molar-refractivity contribution in [3.05, 3.63) is 53.8 Å².